The molecule has 0 aliphatic carbocycles. The Labute approximate surface area is 134 Å². The lowest BCUT2D eigenvalue weighted by Gasteiger charge is -2.28. The van der Waals surface area contributed by atoms with Crippen LogP contribution in [0.5, 0.6) is 0 Å². The third-order valence-corrected chi connectivity index (χ3v) is 3.09. The minimum atomic E-state index is -0.198. The van der Waals surface area contributed by atoms with Crippen molar-refractivity contribution < 1.29 is 4.79 Å². The van der Waals surface area contributed by atoms with E-state index < -0.39 is 0 Å². The fourth-order valence-corrected chi connectivity index (χ4v) is 2.12. The SMILES string of the molecule is CCN(Cc1ccc(C(=O)N(C)C)cc1)CC(C)(C)N.Cl. The molecule has 120 valence electrons. The smallest absolute Gasteiger partial charge is 0.253 e. The van der Waals surface area contributed by atoms with Crippen molar-refractivity contribution in [1.29, 1.82) is 0 Å². The van der Waals surface area contributed by atoms with Crippen molar-refractivity contribution >= 4 is 18.3 Å². The van der Waals surface area contributed by atoms with Crippen LogP contribution in [0.4, 0.5) is 0 Å². The van der Waals surface area contributed by atoms with Crippen molar-refractivity contribution in [3.63, 3.8) is 0 Å². The number of rotatable bonds is 6. The molecule has 0 saturated heterocycles. The summed E-state index contributed by atoms with van der Waals surface area (Å²) in [7, 11) is 3.52. The molecule has 4 nitrogen and oxygen atoms in total. The fraction of sp³-hybridized carbons (Fsp3) is 0.562. The second-order valence-electron chi connectivity index (χ2n) is 6.19. The van der Waals surface area contributed by atoms with Crippen molar-refractivity contribution in [2.24, 2.45) is 5.73 Å². The van der Waals surface area contributed by atoms with Gasteiger partial charge >= 0.3 is 0 Å². The Kier molecular flexibility index (Phi) is 7.93. The molecular formula is C16H28ClN3O. The summed E-state index contributed by atoms with van der Waals surface area (Å²) < 4.78 is 0. The predicted molar refractivity (Wildman–Crippen MR) is 90.9 cm³/mol. The molecule has 5 heteroatoms. The first kappa shape index (κ1) is 19.9. The lowest BCUT2D eigenvalue weighted by molar-refractivity contribution is 0.0827. The van der Waals surface area contributed by atoms with Gasteiger partial charge in [-0.3, -0.25) is 9.69 Å². The van der Waals surface area contributed by atoms with Crippen LogP contribution in [0, 0.1) is 0 Å². The Morgan fingerprint density at radius 3 is 2.10 bits per heavy atom. The number of carbonyl (C=O) groups is 1. The molecule has 0 aliphatic rings. The van der Waals surface area contributed by atoms with Gasteiger partial charge in [0.15, 0.2) is 0 Å². The van der Waals surface area contributed by atoms with Crippen molar-refractivity contribution in [3.05, 3.63) is 35.4 Å². The monoisotopic (exact) mass is 313 g/mol. The molecule has 0 radical (unpaired) electrons. The van der Waals surface area contributed by atoms with Crippen molar-refractivity contribution in [2.45, 2.75) is 32.9 Å². The molecule has 2 N–H and O–H groups in total. The maximum atomic E-state index is 11.8. The summed E-state index contributed by atoms with van der Waals surface area (Å²) in [5, 5.41) is 0. The predicted octanol–water partition coefficient (Wildman–Crippen LogP) is 2.37. The average molecular weight is 314 g/mol. The highest BCUT2D eigenvalue weighted by Crippen LogP contribution is 2.11. The van der Waals surface area contributed by atoms with Crippen LogP contribution < -0.4 is 5.73 Å². The van der Waals surface area contributed by atoms with Gasteiger partial charge < -0.3 is 10.6 Å². The van der Waals surface area contributed by atoms with Gasteiger partial charge in [-0.25, -0.2) is 0 Å². The second-order valence-corrected chi connectivity index (χ2v) is 6.19. The number of halogens is 1. The highest BCUT2D eigenvalue weighted by atomic mass is 35.5. The molecule has 0 atom stereocenters. The Bertz CT molecular complexity index is 438. The number of nitrogens with two attached hydrogens (primary N) is 1. The van der Waals surface area contributed by atoms with Gasteiger partial charge in [0.25, 0.3) is 5.91 Å². The molecule has 1 aromatic rings. The van der Waals surface area contributed by atoms with Gasteiger partial charge in [-0.1, -0.05) is 19.1 Å². The minimum Gasteiger partial charge on any atom is -0.345 e. The van der Waals surface area contributed by atoms with E-state index in [1.807, 2.05) is 38.1 Å². The summed E-state index contributed by atoms with van der Waals surface area (Å²) in [6.07, 6.45) is 0. The molecule has 0 aliphatic heterocycles. The molecule has 1 aromatic carbocycles. The van der Waals surface area contributed by atoms with Gasteiger partial charge in [0.2, 0.25) is 0 Å². The van der Waals surface area contributed by atoms with E-state index in [1.54, 1.807) is 19.0 Å². The van der Waals surface area contributed by atoms with Gasteiger partial charge in [-0.2, -0.15) is 0 Å². The summed E-state index contributed by atoms with van der Waals surface area (Å²) in [5.41, 5.74) is 7.80. The Morgan fingerprint density at radius 2 is 1.71 bits per heavy atom. The van der Waals surface area contributed by atoms with Crippen LogP contribution in [0.25, 0.3) is 0 Å². The standard InChI is InChI=1S/C16H27N3O.ClH/c1-6-19(12-16(2,3)17)11-13-7-9-14(10-8-13)15(20)18(4)5;/h7-10H,6,11-12,17H2,1-5H3;1H. The van der Waals surface area contributed by atoms with Crippen LogP contribution in [0.3, 0.4) is 0 Å². The second kappa shape index (κ2) is 8.37. The maximum Gasteiger partial charge on any atom is 0.253 e. The highest BCUT2D eigenvalue weighted by molar-refractivity contribution is 5.93. The molecule has 0 heterocycles. The zero-order valence-corrected chi connectivity index (χ0v) is 14.5. The van der Waals surface area contributed by atoms with Crippen LogP contribution >= 0.6 is 12.4 Å². The van der Waals surface area contributed by atoms with Gasteiger partial charge in [0.05, 0.1) is 0 Å². The zero-order valence-electron chi connectivity index (χ0n) is 13.7. The first-order valence-corrected chi connectivity index (χ1v) is 7.05. The van der Waals surface area contributed by atoms with Crippen molar-refractivity contribution in [2.75, 3.05) is 27.2 Å². The number of hydrogen-bond acceptors (Lipinski definition) is 3. The largest absolute Gasteiger partial charge is 0.345 e. The Hall–Kier alpha value is -1.10. The van der Waals surface area contributed by atoms with E-state index in [-0.39, 0.29) is 23.9 Å². The normalized spacial score (nSPS) is 11.2. The first-order valence-electron chi connectivity index (χ1n) is 7.05. The van der Waals surface area contributed by atoms with Crippen molar-refractivity contribution in [3.8, 4) is 0 Å². The number of benzene rings is 1. The topological polar surface area (TPSA) is 49.6 Å². The van der Waals surface area contributed by atoms with Crippen LogP contribution in [0.2, 0.25) is 0 Å². The summed E-state index contributed by atoms with van der Waals surface area (Å²) in [6, 6.07) is 7.81. The molecular weight excluding hydrogens is 286 g/mol. The zero-order chi connectivity index (χ0) is 15.3. The molecule has 1 amide bonds. The third kappa shape index (κ3) is 6.93. The summed E-state index contributed by atoms with van der Waals surface area (Å²) in [4.78, 5) is 15.7. The summed E-state index contributed by atoms with van der Waals surface area (Å²) in [6.45, 7) is 8.87. The van der Waals surface area contributed by atoms with E-state index in [2.05, 4.69) is 11.8 Å². The lowest BCUT2D eigenvalue weighted by atomic mass is 10.1. The molecule has 0 spiro atoms. The molecule has 0 bridgehead atoms. The van der Waals surface area contributed by atoms with Crippen molar-refractivity contribution in [1.82, 2.24) is 9.80 Å². The molecule has 1 rings (SSSR count). The van der Waals surface area contributed by atoms with Crippen LogP contribution in [0.15, 0.2) is 24.3 Å². The molecule has 0 unspecified atom stereocenters. The van der Waals surface area contributed by atoms with E-state index in [1.165, 1.54) is 5.56 Å². The molecule has 0 fully saturated rings. The summed E-state index contributed by atoms with van der Waals surface area (Å²) >= 11 is 0. The molecule has 21 heavy (non-hydrogen) atoms. The van der Waals surface area contributed by atoms with E-state index >= 15 is 0 Å². The first-order chi connectivity index (χ1) is 9.23. The van der Waals surface area contributed by atoms with E-state index in [9.17, 15) is 4.79 Å². The van der Waals surface area contributed by atoms with Gasteiger partial charge in [-0.15, -0.1) is 12.4 Å². The highest BCUT2D eigenvalue weighted by Gasteiger charge is 2.16. The quantitative estimate of drug-likeness (QED) is 0.877. The number of carbonyl (C=O) groups excluding carboxylic acids is 1. The Morgan fingerprint density at radius 1 is 1.19 bits per heavy atom. The van der Waals surface area contributed by atoms with Crippen LogP contribution in [-0.4, -0.2) is 48.4 Å². The number of amides is 1. The van der Waals surface area contributed by atoms with E-state index in [0.717, 1.165) is 25.2 Å². The number of nitrogens with zero attached hydrogens (tertiary/aromatic N) is 2. The average Bonchev–Trinajstić information content (AvgIpc) is 2.36. The fourth-order valence-electron chi connectivity index (χ4n) is 2.12. The molecule has 0 aromatic heterocycles. The molecule has 0 saturated carbocycles. The van der Waals surface area contributed by atoms with Crippen LogP contribution in [0.1, 0.15) is 36.7 Å². The van der Waals surface area contributed by atoms with Gasteiger partial charge in [0.1, 0.15) is 0 Å². The lowest BCUT2D eigenvalue weighted by Crippen LogP contribution is -2.45. The summed E-state index contributed by atoms with van der Waals surface area (Å²) in [5.74, 6) is 0.0342. The van der Waals surface area contributed by atoms with E-state index in [4.69, 9.17) is 5.73 Å². The van der Waals surface area contributed by atoms with Gasteiger partial charge in [0, 0.05) is 38.3 Å². The maximum absolute atomic E-state index is 11.8. The van der Waals surface area contributed by atoms with Crippen LogP contribution in [-0.2, 0) is 6.54 Å². The Balaban J connectivity index is 0.00000400. The van der Waals surface area contributed by atoms with Gasteiger partial charge in [-0.05, 0) is 38.1 Å². The van der Waals surface area contributed by atoms with E-state index in [0.29, 0.717) is 0 Å². The number of hydrogen-bond donors (Lipinski definition) is 1. The third-order valence-electron chi connectivity index (χ3n) is 3.09. The minimum absolute atomic E-state index is 0. The number of likely N-dealkylation sites (N-methyl/N-ethyl adjacent to an activating group) is 1.